The smallest absolute Gasteiger partial charge is 0.0861 e. The molecule has 0 aliphatic heterocycles. The maximum atomic E-state index is 9.23. The standard InChI is InChI=1S/C12H14O2S2/c13-5-10(14)8-15-6-9-7-16-12-4-2-1-3-11(9)12/h1-4,7,10,13-14H,5-6,8H2. The molecule has 1 aromatic heterocycles. The largest absolute Gasteiger partial charge is 0.394 e. The van der Waals surface area contributed by atoms with Crippen molar-refractivity contribution < 1.29 is 10.2 Å². The van der Waals surface area contributed by atoms with E-state index in [9.17, 15) is 5.11 Å². The van der Waals surface area contributed by atoms with Gasteiger partial charge >= 0.3 is 0 Å². The number of fused-ring (bicyclic) bond motifs is 1. The molecule has 0 spiro atoms. The second-order valence-electron chi connectivity index (χ2n) is 3.61. The zero-order chi connectivity index (χ0) is 11.4. The van der Waals surface area contributed by atoms with E-state index >= 15 is 0 Å². The summed E-state index contributed by atoms with van der Waals surface area (Å²) in [6, 6.07) is 8.35. The molecule has 0 fully saturated rings. The third kappa shape index (κ3) is 2.77. The van der Waals surface area contributed by atoms with Crippen LogP contribution in [0.1, 0.15) is 5.56 Å². The lowest BCUT2D eigenvalue weighted by molar-refractivity contribution is 0.113. The molecule has 1 unspecified atom stereocenters. The molecule has 0 saturated carbocycles. The van der Waals surface area contributed by atoms with Crippen LogP contribution in [0.4, 0.5) is 0 Å². The molecule has 2 N–H and O–H groups in total. The summed E-state index contributed by atoms with van der Waals surface area (Å²) >= 11 is 3.41. The average molecular weight is 254 g/mol. The van der Waals surface area contributed by atoms with Crippen LogP contribution >= 0.6 is 23.1 Å². The van der Waals surface area contributed by atoms with E-state index in [1.807, 2.05) is 12.1 Å². The highest BCUT2D eigenvalue weighted by Crippen LogP contribution is 2.28. The van der Waals surface area contributed by atoms with Crippen molar-refractivity contribution in [3.63, 3.8) is 0 Å². The molecule has 0 amide bonds. The van der Waals surface area contributed by atoms with E-state index in [0.29, 0.717) is 5.75 Å². The van der Waals surface area contributed by atoms with Crippen LogP contribution in [0.3, 0.4) is 0 Å². The monoisotopic (exact) mass is 254 g/mol. The summed E-state index contributed by atoms with van der Waals surface area (Å²) in [5.74, 6) is 1.47. The van der Waals surface area contributed by atoms with E-state index in [1.54, 1.807) is 23.1 Å². The molecule has 1 heterocycles. The molecule has 86 valence electrons. The van der Waals surface area contributed by atoms with Gasteiger partial charge in [-0.05, 0) is 22.4 Å². The van der Waals surface area contributed by atoms with Crippen molar-refractivity contribution in [1.82, 2.24) is 0 Å². The Morgan fingerprint density at radius 3 is 2.94 bits per heavy atom. The van der Waals surface area contributed by atoms with Crippen molar-refractivity contribution in [3.8, 4) is 0 Å². The minimum atomic E-state index is -0.602. The van der Waals surface area contributed by atoms with Crippen molar-refractivity contribution >= 4 is 33.2 Å². The van der Waals surface area contributed by atoms with Gasteiger partial charge in [0.25, 0.3) is 0 Å². The first kappa shape index (κ1) is 11.9. The van der Waals surface area contributed by atoms with Crippen LogP contribution in [-0.4, -0.2) is 28.7 Å². The minimum absolute atomic E-state index is 0.155. The van der Waals surface area contributed by atoms with E-state index in [2.05, 4.69) is 17.5 Å². The van der Waals surface area contributed by atoms with Crippen molar-refractivity contribution in [2.24, 2.45) is 0 Å². The fourth-order valence-electron chi connectivity index (χ4n) is 1.50. The number of benzene rings is 1. The van der Waals surface area contributed by atoms with Crippen molar-refractivity contribution in [2.75, 3.05) is 12.4 Å². The van der Waals surface area contributed by atoms with Gasteiger partial charge in [0.05, 0.1) is 12.7 Å². The summed E-state index contributed by atoms with van der Waals surface area (Å²) in [5.41, 5.74) is 1.32. The molecule has 0 aliphatic carbocycles. The SMILES string of the molecule is OCC(O)CSCc1csc2ccccc12. The van der Waals surface area contributed by atoms with Crippen LogP contribution in [0.25, 0.3) is 10.1 Å². The summed E-state index contributed by atoms with van der Waals surface area (Å²) < 4.78 is 1.31. The number of rotatable bonds is 5. The Kier molecular flexibility index (Phi) is 4.23. The molecule has 0 bridgehead atoms. The molecular formula is C12H14O2S2. The molecule has 1 aromatic carbocycles. The maximum Gasteiger partial charge on any atom is 0.0861 e. The molecule has 2 aromatic rings. The van der Waals surface area contributed by atoms with Gasteiger partial charge in [-0.1, -0.05) is 18.2 Å². The van der Waals surface area contributed by atoms with E-state index < -0.39 is 6.10 Å². The number of aliphatic hydroxyl groups excluding tert-OH is 2. The van der Waals surface area contributed by atoms with Gasteiger partial charge in [0.15, 0.2) is 0 Å². The van der Waals surface area contributed by atoms with Gasteiger partial charge in [-0.3, -0.25) is 0 Å². The molecule has 2 nitrogen and oxygen atoms in total. The second kappa shape index (κ2) is 5.68. The Morgan fingerprint density at radius 2 is 2.12 bits per heavy atom. The highest BCUT2D eigenvalue weighted by molar-refractivity contribution is 7.98. The first-order chi connectivity index (χ1) is 7.81. The first-order valence-electron chi connectivity index (χ1n) is 5.13. The van der Waals surface area contributed by atoms with E-state index in [0.717, 1.165) is 5.75 Å². The topological polar surface area (TPSA) is 40.5 Å². The summed E-state index contributed by atoms with van der Waals surface area (Å²) in [6.07, 6.45) is -0.602. The lowest BCUT2D eigenvalue weighted by Crippen LogP contribution is -2.14. The highest BCUT2D eigenvalue weighted by atomic mass is 32.2. The van der Waals surface area contributed by atoms with Crippen molar-refractivity contribution in [3.05, 3.63) is 35.2 Å². The molecule has 2 rings (SSSR count). The third-order valence-corrected chi connectivity index (χ3v) is 4.49. The Hall–Kier alpha value is -0.550. The molecule has 0 radical (unpaired) electrons. The quantitative estimate of drug-likeness (QED) is 0.861. The predicted molar refractivity (Wildman–Crippen MR) is 71.1 cm³/mol. The van der Waals surface area contributed by atoms with Crippen LogP contribution in [-0.2, 0) is 5.75 Å². The molecule has 1 atom stereocenters. The van der Waals surface area contributed by atoms with Gasteiger partial charge in [0, 0.05) is 16.2 Å². The van der Waals surface area contributed by atoms with Crippen LogP contribution in [0.2, 0.25) is 0 Å². The lowest BCUT2D eigenvalue weighted by Gasteiger charge is -2.05. The Morgan fingerprint density at radius 1 is 1.31 bits per heavy atom. The summed E-state index contributed by atoms with van der Waals surface area (Å²) in [6.45, 7) is -0.155. The van der Waals surface area contributed by atoms with E-state index in [1.165, 1.54) is 15.6 Å². The van der Waals surface area contributed by atoms with Crippen LogP contribution in [0, 0.1) is 0 Å². The Balaban J connectivity index is 1.99. The summed E-state index contributed by atoms with van der Waals surface area (Å²) in [4.78, 5) is 0. The number of hydrogen-bond acceptors (Lipinski definition) is 4. The van der Waals surface area contributed by atoms with Gasteiger partial charge < -0.3 is 10.2 Å². The molecular weight excluding hydrogens is 240 g/mol. The predicted octanol–water partition coefficient (Wildman–Crippen LogP) is 2.49. The highest BCUT2D eigenvalue weighted by Gasteiger charge is 2.05. The lowest BCUT2D eigenvalue weighted by atomic mass is 10.2. The van der Waals surface area contributed by atoms with E-state index in [-0.39, 0.29) is 6.61 Å². The Labute approximate surface area is 103 Å². The van der Waals surface area contributed by atoms with Crippen molar-refractivity contribution in [1.29, 1.82) is 0 Å². The average Bonchev–Trinajstić information content (AvgIpc) is 2.73. The van der Waals surface area contributed by atoms with E-state index in [4.69, 9.17) is 5.11 Å². The maximum absolute atomic E-state index is 9.23. The fraction of sp³-hybridized carbons (Fsp3) is 0.333. The second-order valence-corrected chi connectivity index (χ2v) is 5.55. The number of hydrogen-bond donors (Lipinski definition) is 2. The van der Waals surface area contributed by atoms with Gasteiger partial charge in [-0.15, -0.1) is 11.3 Å². The minimum Gasteiger partial charge on any atom is -0.394 e. The van der Waals surface area contributed by atoms with Crippen molar-refractivity contribution in [2.45, 2.75) is 11.9 Å². The fourth-order valence-corrected chi connectivity index (χ4v) is 3.52. The van der Waals surface area contributed by atoms with Gasteiger partial charge in [-0.2, -0.15) is 11.8 Å². The number of thiophene rings is 1. The summed E-state index contributed by atoms with van der Waals surface area (Å²) in [7, 11) is 0. The summed E-state index contributed by atoms with van der Waals surface area (Å²) in [5, 5.41) is 21.4. The zero-order valence-corrected chi connectivity index (χ0v) is 10.4. The molecule has 0 aliphatic rings. The van der Waals surface area contributed by atoms with Gasteiger partial charge in [0.1, 0.15) is 0 Å². The number of aliphatic hydroxyl groups is 2. The zero-order valence-electron chi connectivity index (χ0n) is 8.80. The van der Waals surface area contributed by atoms with Gasteiger partial charge in [0.2, 0.25) is 0 Å². The molecule has 0 saturated heterocycles. The number of thioether (sulfide) groups is 1. The molecule has 4 heteroatoms. The first-order valence-corrected chi connectivity index (χ1v) is 7.16. The Bertz CT molecular complexity index is 453. The van der Waals surface area contributed by atoms with Crippen LogP contribution < -0.4 is 0 Å². The molecule has 16 heavy (non-hydrogen) atoms. The van der Waals surface area contributed by atoms with Gasteiger partial charge in [-0.25, -0.2) is 0 Å². The van der Waals surface area contributed by atoms with Crippen LogP contribution in [0.15, 0.2) is 29.6 Å². The normalized spacial score (nSPS) is 13.1. The van der Waals surface area contributed by atoms with Crippen LogP contribution in [0.5, 0.6) is 0 Å². The third-order valence-electron chi connectivity index (χ3n) is 2.34.